The molecule has 0 aliphatic carbocycles. The van der Waals surface area contributed by atoms with Crippen LogP contribution in [0.5, 0.6) is 0 Å². The molecule has 0 radical (unpaired) electrons. The third kappa shape index (κ3) is 4.22. The molecule has 0 saturated carbocycles. The number of benzene rings is 1. The lowest BCUT2D eigenvalue weighted by Gasteiger charge is -2.19. The molecule has 5 heteroatoms. The molecule has 0 aliphatic heterocycles. The van der Waals surface area contributed by atoms with E-state index in [-0.39, 0.29) is 23.3 Å². The zero-order valence-corrected chi connectivity index (χ0v) is 12.7. The van der Waals surface area contributed by atoms with Crippen molar-refractivity contribution >= 4 is 11.7 Å². The number of Topliss-reactive ketones (excluding diaryl/α,β-unsaturated/α-hetero) is 1. The summed E-state index contributed by atoms with van der Waals surface area (Å²) in [6.45, 7) is 3.66. The number of rotatable bonds is 6. The van der Waals surface area contributed by atoms with E-state index in [1.54, 1.807) is 0 Å². The highest BCUT2D eigenvalue weighted by Crippen LogP contribution is 2.09. The molecule has 0 fully saturated rings. The standard InChI is InChI=1S/C17H19N3O2/c1-12(2)16(21)14(10-13-6-4-3-5-7-13)20-17(22)15-11-18-8-9-19-15/h3-9,11-12,14H,10H2,1-2H3,(H,20,22)/t14-/m0/s1. The van der Waals surface area contributed by atoms with Crippen LogP contribution < -0.4 is 5.32 Å². The Balaban J connectivity index is 2.14. The molecule has 1 atom stereocenters. The van der Waals surface area contributed by atoms with Crippen LogP contribution in [0.4, 0.5) is 0 Å². The van der Waals surface area contributed by atoms with Crippen LogP contribution in [0.25, 0.3) is 0 Å². The molecule has 1 amide bonds. The molecule has 0 aliphatic rings. The largest absolute Gasteiger partial charge is 0.340 e. The van der Waals surface area contributed by atoms with Gasteiger partial charge in [0, 0.05) is 18.3 Å². The summed E-state index contributed by atoms with van der Waals surface area (Å²) in [5.41, 5.74) is 1.21. The van der Waals surface area contributed by atoms with Crippen molar-refractivity contribution in [3.05, 3.63) is 60.2 Å². The van der Waals surface area contributed by atoms with Crippen LogP contribution >= 0.6 is 0 Å². The topological polar surface area (TPSA) is 72.0 Å². The zero-order chi connectivity index (χ0) is 15.9. The summed E-state index contributed by atoms with van der Waals surface area (Å²) < 4.78 is 0. The smallest absolute Gasteiger partial charge is 0.272 e. The van der Waals surface area contributed by atoms with Crippen molar-refractivity contribution in [3.63, 3.8) is 0 Å². The van der Waals surface area contributed by atoms with Crippen LogP contribution in [0.2, 0.25) is 0 Å². The van der Waals surface area contributed by atoms with E-state index in [1.807, 2.05) is 44.2 Å². The highest BCUT2D eigenvalue weighted by molar-refractivity contribution is 5.96. The Hall–Kier alpha value is -2.56. The zero-order valence-electron chi connectivity index (χ0n) is 12.7. The Morgan fingerprint density at radius 1 is 1.14 bits per heavy atom. The van der Waals surface area contributed by atoms with Crippen molar-refractivity contribution in [1.82, 2.24) is 15.3 Å². The van der Waals surface area contributed by atoms with Gasteiger partial charge in [0.1, 0.15) is 5.69 Å². The first-order chi connectivity index (χ1) is 10.6. The summed E-state index contributed by atoms with van der Waals surface area (Å²) in [4.78, 5) is 32.4. The average Bonchev–Trinajstić information content (AvgIpc) is 2.55. The van der Waals surface area contributed by atoms with Gasteiger partial charge in [0.25, 0.3) is 5.91 Å². The lowest BCUT2D eigenvalue weighted by atomic mass is 9.95. The third-order valence-corrected chi connectivity index (χ3v) is 3.30. The molecule has 2 aromatic rings. The summed E-state index contributed by atoms with van der Waals surface area (Å²) in [5.74, 6) is -0.542. The lowest BCUT2D eigenvalue weighted by Crippen LogP contribution is -2.44. The van der Waals surface area contributed by atoms with Crippen LogP contribution in [0, 0.1) is 5.92 Å². The van der Waals surface area contributed by atoms with E-state index in [0.29, 0.717) is 6.42 Å². The summed E-state index contributed by atoms with van der Waals surface area (Å²) >= 11 is 0. The molecule has 5 nitrogen and oxygen atoms in total. The Labute approximate surface area is 129 Å². The second-order valence-corrected chi connectivity index (χ2v) is 5.36. The van der Waals surface area contributed by atoms with Crippen molar-refractivity contribution in [1.29, 1.82) is 0 Å². The van der Waals surface area contributed by atoms with E-state index in [9.17, 15) is 9.59 Å². The number of carbonyl (C=O) groups is 2. The van der Waals surface area contributed by atoms with Gasteiger partial charge in [-0.3, -0.25) is 14.6 Å². The number of ketones is 1. The van der Waals surface area contributed by atoms with E-state index in [1.165, 1.54) is 18.6 Å². The molecule has 1 aromatic carbocycles. The fourth-order valence-corrected chi connectivity index (χ4v) is 2.12. The van der Waals surface area contributed by atoms with Crippen molar-refractivity contribution in [2.75, 3.05) is 0 Å². The number of aromatic nitrogens is 2. The number of amides is 1. The molecule has 0 bridgehead atoms. The minimum absolute atomic E-state index is 0.00101. The van der Waals surface area contributed by atoms with E-state index in [0.717, 1.165) is 5.56 Å². The van der Waals surface area contributed by atoms with Crippen LogP contribution in [0.15, 0.2) is 48.9 Å². The fraction of sp³-hybridized carbons (Fsp3) is 0.294. The van der Waals surface area contributed by atoms with Gasteiger partial charge in [0.2, 0.25) is 0 Å². The van der Waals surface area contributed by atoms with Crippen LogP contribution in [0.1, 0.15) is 29.9 Å². The van der Waals surface area contributed by atoms with Gasteiger partial charge < -0.3 is 5.32 Å². The summed E-state index contributed by atoms with van der Waals surface area (Å²) in [7, 11) is 0. The number of carbonyl (C=O) groups excluding carboxylic acids is 2. The Kier molecular flexibility index (Phi) is 5.36. The maximum absolute atomic E-state index is 12.4. The SMILES string of the molecule is CC(C)C(=O)[C@H](Cc1ccccc1)NC(=O)c1cnccn1. The van der Waals surface area contributed by atoms with Gasteiger partial charge in [0.15, 0.2) is 5.78 Å². The average molecular weight is 297 g/mol. The van der Waals surface area contributed by atoms with E-state index in [2.05, 4.69) is 15.3 Å². The molecule has 2 rings (SSSR count). The van der Waals surface area contributed by atoms with Gasteiger partial charge in [-0.25, -0.2) is 4.98 Å². The van der Waals surface area contributed by atoms with Gasteiger partial charge >= 0.3 is 0 Å². The minimum Gasteiger partial charge on any atom is -0.340 e. The first-order valence-electron chi connectivity index (χ1n) is 7.22. The third-order valence-electron chi connectivity index (χ3n) is 3.30. The molecule has 1 aromatic heterocycles. The van der Waals surface area contributed by atoms with Gasteiger partial charge in [-0.1, -0.05) is 44.2 Å². The molecule has 22 heavy (non-hydrogen) atoms. The van der Waals surface area contributed by atoms with Crippen molar-refractivity contribution in [2.45, 2.75) is 26.3 Å². The van der Waals surface area contributed by atoms with Gasteiger partial charge in [-0.2, -0.15) is 0 Å². The molecule has 114 valence electrons. The number of hydrogen-bond donors (Lipinski definition) is 1. The monoisotopic (exact) mass is 297 g/mol. The highest BCUT2D eigenvalue weighted by Gasteiger charge is 2.24. The lowest BCUT2D eigenvalue weighted by molar-refractivity contribution is -0.123. The Morgan fingerprint density at radius 2 is 1.86 bits per heavy atom. The van der Waals surface area contributed by atoms with E-state index >= 15 is 0 Å². The van der Waals surface area contributed by atoms with E-state index in [4.69, 9.17) is 0 Å². The predicted octanol–water partition coefficient (Wildman–Crippen LogP) is 2.04. The first kappa shape index (κ1) is 15.8. The molecular weight excluding hydrogens is 278 g/mol. The summed E-state index contributed by atoms with van der Waals surface area (Å²) in [6.07, 6.45) is 4.79. The maximum atomic E-state index is 12.4. The van der Waals surface area contributed by atoms with Crippen molar-refractivity contribution < 1.29 is 9.59 Å². The molecule has 1 N–H and O–H groups in total. The molecule has 0 saturated heterocycles. The molecule has 0 unspecified atom stereocenters. The maximum Gasteiger partial charge on any atom is 0.272 e. The number of hydrogen-bond acceptors (Lipinski definition) is 4. The normalized spacial score (nSPS) is 12.0. The molecule has 1 heterocycles. The number of nitrogens with one attached hydrogen (secondary N) is 1. The van der Waals surface area contributed by atoms with Crippen LogP contribution in [-0.4, -0.2) is 27.7 Å². The van der Waals surface area contributed by atoms with E-state index < -0.39 is 6.04 Å². The second kappa shape index (κ2) is 7.45. The Bertz CT molecular complexity index is 627. The first-order valence-corrected chi connectivity index (χ1v) is 7.22. The molecule has 0 spiro atoms. The van der Waals surface area contributed by atoms with Crippen molar-refractivity contribution in [3.8, 4) is 0 Å². The Morgan fingerprint density at radius 3 is 2.45 bits per heavy atom. The van der Waals surface area contributed by atoms with Gasteiger partial charge in [-0.15, -0.1) is 0 Å². The van der Waals surface area contributed by atoms with Crippen LogP contribution in [-0.2, 0) is 11.2 Å². The van der Waals surface area contributed by atoms with Gasteiger partial charge in [-0.05, 0) is 12.0 Å². The fourth-order valence-electron chi connectivity index (χ4n) is 2.12. The summed E-state index contributed by atoms with van der Waals surface area (Å²) in [5, 5.41) is 2.77. The highest BCUT2D eigenvalue weighted by atomic mass is 16.2. The number of nitrogens with zero attached hydrogens (tertiary/aromatic N) is 2. The summed E-state index contributed by atoms with van der Waals surface area (Å²) in [6, 6.07) is 9.05. The molecular formula is C17H19N3O2. The minimum atomic E-state index is -0.572. The van der Waals surface area contributed by atoms with Gasteiger partial charge in [0.05, 0.1) is 12.2 Å². The van der Waals surface area contributed by atoms with Crippen LogP contribution in [0.3, 0.4) is 0 Å². The quantitative estimate of drug-likeness (QED) is 0.885. The van der Waals surface area contributed by atoms with Crippen molar-refractivity contribution in [2.24, 2.45) is 5.92 Å². The second-order valence-electron chi connectivity index (χ2n) is 5.36. The predicted molar refractivity (Wildman–Crippen MR) is 83.3 cm³/mol.